The first-order valence-corrected chi connectivity index (χ1v) is 7.44. The van der Waals surface area contributed by atoms with Gasteiger partial charge in [-0.25, -0.2) is 9.78 Å². The normalized spacial score (nSPS) is 12.5. The summed E-state index contributed by atoms with van der Waals surface area (Å²) in [6, 6.07) is -1.64. The highest BCUT2D eigenvalue weighted by molar-refractivity contribution is 5.82. The highest BCUT2D eigenvalue weighted by atomic mass is 16.4. The van der Waals surface area contributed by atoms with Crippen LogP contribution in [-0.4, -0.2) is 56.7 Å². The number of imidazole rings is 1. The van der Waals surface area contributed by atoms with Gasteiger partial charge < -0.3 is 32.0 Å². The molecule has 0 radical (unpaired) electrons. The molecule has 1 aromatic heterocycles. The fraction of sp³-hybridized carbons (Fsp3) is 0.571. The summed E-state index contributed by atoms with van der Waals surface area (Å²) in [7, 11) is 0. The lowest BCUT2D eigenvalue weighted by molar-refractivity contribution is -0.141. The molecule has 0 saturated carbocycles. The minimum absolute atomic E-state index is 0.179. The largest absolute Gasteiger partial charge is 0.480 e. The summed E-state index contributed by atoms with van der Waals surface area (Å²) in [5, 5.41) is 19.4. The molecule has 0 saturated heterocycles. The molecule has 0 aliphatic rings. The van der Waals surface area contributed by atoms with Crippen LogP contribution in [0.15, 0.2) is 12.5 Å². The number of aromatic nitrogens is 2. The van der Waals surface area contributed by atoms with Crippen molar-refractivity contribution in [2.75, 3.05) is 6.54 Å². The molecule has 24 heavy (non-hydrogen) atoms. The molecule has 8 N–H and O–H groups in total. The van der Waals surface area contributed by atoms with Crippen molar-refractivity contribution in [2.24, 2.45) is 11.5 Å². The Bertz CT molecular complexity index is 506. The number of unbranched alkanes of at least 4 members (excludes halogenated alkanes) is 1. The zero-order valence-corrected chi connectivity index (χ0v) is 13.6. The van der Waals surface area contributed by atoms with Gasteiger partial charge in [0.1, 0.15) is 12.1 Å². The number of aromatic amines is 1. The van der Waals surface area contributed by atoms with Crippen molar-refractivity contribution in [3.8, 4) is 0 Å². The number of nitrogens with two attached hydrogens (primary N) is 2. The maximum atomic E-state index is 10.7. The highest BCUT2D eigenvalue weighted by Gasteiger charge is 2.19. The van der Waals surface area contributed by atoms with E-state index in [1.807, 2.05) is 0 Å². The SMILES string of the molecule is CC(=O)N[C@@H](Cc1c[nH]cn1)C(=O)O.NCCCC[C@H](N)C(=O)O. The van der Waals surface area contributed by atoms with Gasteiger partial charge in [0, 0.05) is 19.5 Å². The monoisotopic (exact) mass is 343 g/mol. The van der Waals surface area contributed by atoms with Gasteiger partial charge in [-0.3, -0.25) is 9.59 Å². The Morgan fingerprint density at radius 2 is 1.96 bits per heavy atom. The smallest absolute Gasteiger partial charge is 0.326 e. The van der Waals surface area contributed by atoms with Crippen molar-refractivity contribution in [1.82, 2.24) is 15.3 Å². The number of amides is 1. The van der Waals surface area contributed by atoms with Crippen molar-refractivity contribution in [3.05, 3.63) is 18.2 Å². The van der Waals surface area contributed by atoms with Crippen LogP contribution in [0.5, 0.6) is 0 Å². The molecule has 1 rings (SSSR count). The van der Waals surface area contributed by atoms with Crippen LogP contribution in [-0.2, 0) is 20.8 Å². The van der Waals surface area contributed by atoms with Gasteiger partial charge in [-0.15, -0.1) is 0 Å². The number of hydrogen-bond donors (Lipinski definition) is 6. The minimum Gasteiger partial charge on any atom is -0.480 e. The van der Waals surface area contributed by atoms with E-state index < -0.39 is 24.0 Å². The predicted molar refractivity (Wildman–Crippen MR) is 86.0 cm³/mol. The van der Waals surface area contributed by atoms with E-state index >= 15 is 0 Å². The summed E-state index contributed by atoms with van der Waals surface area (Å²) >= 11 is 0. The van der Waals surface area contributed by atoms with E-state index in [0.29, 0.717) is 18.7 Å². The first-order chi connectivity index (χ1) is 11.3. The lowest BCUT2D eigenvalue weighted by Gasteiger charge is -2.10. The predicted octanol–water partition coefficient (Wildman–Crippen LogP) is -0.931. The number of carboxylic acids is 2. The fourth-order valence-corrected chi connectivity index (χ4v) is 1.69. The molecule has 0 fully saturated rings. The maximum absolute atomic E-state index is 10.7. The van der Waals surface area contributed by atoms with E-state index in [4.69, 9.17) is 21.7 Å². The molecule has 0 spiro atoms. The zero-order valence-electron chi connectivity index (χ0n) is 13.6. The number of rotatable bonds is 9. The Balaban J connectivity index is 0.000000470. The number of nitrogens with one attached hydrogen (secondary N) is 2. The number of H-pyrrole nitrogens is 1. The number of carbonyl (C=O) groups is 3. The van der Waals surface area contributed by atoms with E-state index in [1.54, 1.807) is 6.20 Å². The van der Waals surface area contributed by atoms with Crippen LogP contribution >= 0.6 is 0 Å². The topological polar surface area (TPSA) is 184 Å². The van der Waals surface area contributed by atoms with Crippen LogP contribution in [0, 0.1) is 0 Å². The second-order valence-electron chi connectivity index (χ2n) is 5.09. The molecule has 1 aromatic rings. The van der Waals surface area contributed by atoms with E-state index in [2.05, 4.69) is 15.3 Å². The number of nitrogens with zero attached hydrogens (tertiary/aromatic N) is 1. The Kier molecular flexibility index (Phi) is 10.8. The van der Waals surface area contributed by atoms with Gasteiger partial charge in [-0.05, 0) is 19.4 Å². The molecule has 0 aliphatic carbocycles. The van der Waals surface area contributed by atoms with Gasteiger partial charge in [0.25, 0.3) is 0 Å². The van der Waals surface area contributed by atoms with Crippen LogP contribution in [0.4, 0.5) is 0 Å². The van der Waals surface area contributed by atoms with Gasteiger partial charge in [-0.1, -0.05) is 6.42 Å². The molecule has 1 heterocycles. The number of hydrogen-bond acceptors (Lipinski definition) is 6. The number of aliphatic carboxylic acids is 2. The third-order valence-electron chi connectivity index (χ3n) is 2.93. The second kappa shape index (κ2) is 12.0. The molecule has 10 nitrogen and oxygen atoms in total. The van der Waals surface area contributed by atoms with Crippen molar-refractivity contribution in [3.63, 3.8) is 0 Å². The van der Waals surface area contributed by atoms with E-state index in [-0.39, 0.29) is 12.3 Å². The van der Waals surface area contributed by atoms with Crippen LogP contribution in [0.25, 0.3) is 0 Å². The Morgan fingerprint density at radius 1 is 1.29 bits per heavy atom. The Hall–Kier alpha value is -2.46. The second-order valence-corrected chi connectivity index (χ2v) is 5.09. The minimum atomic E-state index is -1.07. The number of carboxylic acid groups (broad SMARTS) is 2. The van der Waals surface area contributed by atoms with Crippen molar-refractivity contribution >= 4 is 17.8 Å². The Morgan fingerprint density at radius 3 is 2.38 bits per heavy atom. The average molecular weight is 343 g/mol. The van der Waals surface area contributed by atoms with Crippen molar-refractivity contribution < 1.29 is 24.6 Å². The van der Waals surface area contributed by atoms with Gasteiger partial charge in [0.15, 0.2) is 0 Å². The molecule has 136 valence electrons. The fourth-order valence-electron chi connectivity index (χ4n) is 1.69. The van der Waals surface area contributed by atoms with Crippen LogP contribution in [0.3, 0.4) is 0 Å². The van der Waals surface area contributed by atoms with Crippen LogP contribution in [0.2, 0.25) is 0 Å². The third kappa shape index (κ3) is 10.3. The maximum Gasteiger partial charge on any atom is 0.326 e. The number of carbonyl (C=O) groups excluding carboxylic acids is 1. The summed E-state index contributed by atoms with van der Waals surface area (Å²) in [5.74, 6) is -2.37. The summed E-state index contributed by atoms with van der Waals surface area (Å²) in [5.41, 5.74) is 11.0. The van der Waals surface area contributed by atoms with Gasteiger partial charge in [-0.2, -0.15) is 0 Å². The van der Waals surface area contributed by atoms with E-state index in [9.17, 15) is 14.4 Å². The molecule has 0 unspecified atom stereocenters. The Labute approximate surface area is 139 Å². The summed E-state index contributed by atoms with van der Waals surface area (Å²) in [6.07, 6.45) is 5.40. The van der Waals surface area contributed by atoms with Gasteiger partial charge in [0.2, 0.25) is 5.91 Å². The molecule has 1 amide bonds. The lowest BCUT2D eigenvalue weighted by atomic mass is 10.1. The molecule has 2 atom stereocenters. The molecule has 0 bridgehead atoms. The standard InChI is InChI=1S/C8H11N3O3.C6H14N2O2/c1-5(12)11-7(8(13)14)2-6-3-9-4-10-6;7-4-2-1-3-5(8)6(9)10/h3-4,7H,2H2,1H3,(H,9,10)(H,11,12)(H,13,14);5H,1-4,7-8H2,(H,9,10)/t7-;5-/m00/s1. The molecule has 0 aromatic carbocycles. The summed E-state index contributed by atoms with van der Waals surface area (Å²) in [4.78, 5) is 38.1. The summed E-state index contributed by atoms with van der Waals surface area (Å²) in [6.45, 7) is 1.88. The van der Waals surface area contributed by atoms with E-state index in [1.165, 1.54) is 13.3 Å². The first kappa shape index (κ1) is 21.5. The van der Waals surface area contributed by atoms with Gasteiger partial charge in [0.05, 0.1) is 12.0 Å². The average Bonchev–Trinajstić information content (AvgIpc) is 2.99. The van der Waals surface area contributed by atoms with E-state index in [0.717, 1.165) is 12.8 Å². The summed E-state index contributed by atoms with van der Waals surface area (Å²) < 4.78 is 0. The third-order valence-corrected chi connectivity index (χ3v) is 2.93. The highest BCUT2D eigenvalue weighted by Crippen LogP contribution is 1.98. The van der Waals surface area contributed by atoms with Gasteiger partial charge >= 0.3 is 11.9 Å². The van der Waals surface area contributed by atoms with Crippen LogP contribution in [0.1, 0.15) is 31.9 Å². The van der Waals surface area contributed by atoms with Crippen molar-refractivity contribution in [2.45, 2.75) is 44.7 Å². The quantitative estimate of drug-likeness (QED) is 0.310. The van der Waals surface area contributed by atoms with Crippen LogP contribution < -0.4 is 16.8 Å². The first-order valence-electron chi connectivity index (χ1n) is 7.44. The molecule has 10 heteroatoms. The van der Waals surface area contributed by atoms with Crippen molar-refractivity contribution in [1.29, 1.82) is 0 Å². The lowest BCUT2D eigenvalue weighted by Crippen LogP contribution is -2.41. The molecular formula is C14H25N5O5. The molecular weight excluding hydrogens is 318 g/mol. The molecule has 0 aliphatic heterocycles. The zero-order chi connectivity index (χ0) is 18.5.